The van der Waals surface area contributed by atoms with Gasteiger partial charge in [-0.1, -0.05) is 6.07 Å². The minimum absolute atomic E-state index is 0.0715. The molecule has 3 aromatic heterocycles. The van der Waals surface area contributed by atoms with Crippen LogP contribution in [0.2, 0.25) is 0 Å². The summed E-state index contributed by atoms with van der Waals surface area (Å²) >= 11 is 0. The molecular weight excluding hydrogens is 342 g/mol. The van der Waals surface area contributed by atoms with Gasteiger partial charge in [-0.25, -0.2) is 9.67 Å². The molecule has 3 aromatic rings. The third-order valence-electron chi connectivity index (χ3n) is 5.50. The van der Waals surface area contributed by atoms with Crippen LogP contribution in [-0.2, 0) is 6.54 Å². The summed E-state index contributed by atoms with van der Waals surface area (Å²) in [4.78, 5) is 31.5. The first kappa shape index (κ1) is 16.2. The van der Waals surface area contributed by atoms with Gasteiger partial charge in [0.25, 0.3) is 11.1 Å². The Morgan fingerprint density at radius 3 is 2.78 bits per heavy atom. The van der Waals surface area contributed by atoms with E-state index in [2.05, 4.69) is 15.0 Å². The first-order chi connectivity index (χ1) is 13.2. The number of aromatic nitrogens is 4. The molecule has 2 fully saturated rings. The minimum atomic E-state index is -0.0905. The van der Waals surface area contributed by atoms with Gasteiger partial charge in [0.15, 0.2) is 0 Å². The van der Waals surface area contributed by atoms with Crippen LogP contribution in [-0.4, -0.2) is 31.8 Å². The highest BCUT2D eigenvalue weighted by atomic mass is 16.1. The van der Waals surface area contributed by atoms with Crippen molar-refractivity contribution >= 4 is 11.5 Å². The Bertz CT molecular complexity index is 1120. The van der Waals surface area contributed by atoms with Crippen molar-refractivity contribution in [3.05, 3.63) is 69.0 Å². The fraction of sp³-hybridized carbons (Fsp3) is 0.400. The van der Waals surface area contributed by atoms with Crippen molar-refractivity contribution in [2.75, 3.05) is 11.4 Å². The first-order valence-electron chi connectivity index (χ1n) is 9.52. The summed E-state index contributed by atoms with van der Waals surface area (Å²) < 4.78 is 3.13. The van der Waals surface area contributed by atoms with Crippen LogP contribution >= 0.6 is 0 Å². The molecule has 0 spiro atoms. The highest BCUT2D eigenvalue weighted by Crippen LogP contribution is 2.38. The van der Waals surface area contributed by atoms with Crippen molar-refractivity contribution < 1.29 is 0 Å². The standard InChI is InChI=1S/C20H21N5O2/c26-19-9-8-16(14-6-7-14)22-25(19)13-15-4-3-11-23(15)18-12-20(27)24-10-2-1-5-17(24)21-18/h1-2,5,8-10,12,14-15H,3-4,6-7,11,13H2. The molecule has 1 saturated carbocycles. The largest absolute Gasteiger partial charge is 0.352 e. The van der Waals surface area contributed by atoms with Crippen LogP contribution in [0.1, 0.15) is 37.3 Å². The summed E-state index contributed by atoms with van der Waals surface area (Å²) in [5.74, 6) is 1.19. The Labute approximate surface area is 155 Å². The number of fused-ring (bicyclic) bond motifs is 1. The molecule has 1 aliphatic heterocycles. The van der Waals surface area contributed by atoms with Crippen LogP contribution in [0.4, 0.5) is 5.82 Å². The summed E-state index contributed by atoms with van der Waals surface area (Å²) in [7, 11) is 0. The highest BCUT2D eigenvalue weighted by Gasteiger charge is 2.29. The average Bonchev–Trinajstić information content (AvgIpc) is 3.42. The van der Waals surface area contributed by atoms with Gasteiger partial charge in [-0.05, 0) is 43.9 Å². The number of nitrogens with zero attached hydrogens (tertiary/aromatic N) is 5. The molecule has 4 heterocycles. The average molecular weight is 363 g/mol. The third-order valence-corrected chi connectivity index (χ3v) is 5.50. The van der Waals surface area contributed by atoms with E-state index >= 15 is 0 Å². The lowest BCUT2D eigenvalue weighted by Gasteiger charge is -2.26. The van der Waals surface area contributed by atoms with E-state index in [1.54, 1.807) is 27.4 Å². The lowest BCUT2D eigenvalue weighted by Crippen LogP contribution is -2.38. The molecule has 0 aromatic carbocycles. The molecule has 7 heteroatoms. The van der Waals surface area contributed by atoms with Gasteiger partial charge in [0.2, 0.25) is 0 Å². The molecule has 1 unspecified atom stereocenters. The van der Waals surface area contributed by atoms with Crippen LogP contribution in [0, 0.1) is 0 Å². The molecule has 5 rings (SSSR count). The molecule has 7 nitrogen and oxygen atoms in total. The predicted molar refractivity (Wildman–Crippen MR) is 102 cm³/mol. The van der Waals surface area contributed by atoms with Crippen LogP contribution in [0.5, 0.6) is 0 Å². The molecule has 1 saturated heterocycles. The van der Waals surface area contributed by atoms with E-state index in [0.29, 0.717) is 23.9 Å². The molecule has 0 amide bonds. The molecule has 138 valence electrons. The quantitative estimate of drug-likeness (QED) is 0.707. The monoisotopic (exact) mass is 363 g/mol. The van der Waals surface area contributed by atoms with E-state index < -0.39 is 0 Å². The highest BCUT2D eigenvalue weighted by molar-refractivity contribution is 5.49. The molecule has 1 aliphatic carbocycles. The zero-order valence-corrected chi connectivity index (χ0v) is 15.0. The second-order valence-corrected chi connectivity index (χ2v) is 7.42. The van der Waals surface area contributed by atoms with Gasteiger partial charge in [-0.2, -0.15) is 5.10 Å². The summed E-state index contributed by atoms with van der Waals surface area (Å²) in [5, 5.41) is 4.58. The maximum atomic E-state index is 12.4. The zero-order valence-electron chi connectivity index (χ0n) is 15.0. The van der Waals surface area contributed by atoms with Gasteiger partial charge in [0, 0.05) is 30.8 Å². The van der Waals surface area contributed by atoms with Gasteiger partial charge in [-0.3, -0.25) is 14.0 Å². The molecule has 0 N–H and O–H groups in total. The SMILES string of the molecule is O=c1ccc(C2CC2)nn1CC1CCCN1c1cc(=O)n2ccccc2n1. The van der Waals surface area contributed by atoms with Crippen molar-refractivity contribution in [1.29, 1.82) is 0 Å². The normalized spacial score (nSPS) is 19.7. The molecular formula is C20H21N5O2. The Balaban J connectivity index is 1.47. The second-order valence-electron chi connectivity index (χ2n) is 7.42. The van der Waals surface area contributed by atoms with Gasteiger partial charge in [0.05, 0.1) is 18.3 Å². The third kappa shape index (κ3) is 3.03. The molecule has 0 radical (unpaired) electrons. The van der Waals surface area contributed by atoms with Crippen molar-refractivity contribution in [3.8, 4) is 0 Å². The number of hydrogen-bond donors (Lipinski definition) is 0. The summed E-state index contributed by atoms with van der Waals surface area (Å²) in [5.41, 5.74) is 1.49. The van der Waals surface area contributed by atoms with Crippen molar-refractivity contribution in [2.24, 2.45) is 0 Å². The minimum Gasteiger partial charge on any atom is -0.352 e. The molecule has 1 atom stereocenters. The van der Waals surface area contributed by atoms with E-state index in [4.69, 9.17) is 0 Å². The topological polar surface area (TPSA) is 72.5 Å². The molecule has 0 bridgehead atoms. The van der Waals surface area contributed by atoms with Crippen LogP contribution in [0.3, 0.4) is 0 Å². The summed E-state index contributed by atoms with van der Waals surface area (Å²) in [6, 6.07) is 10.7. The number of hydrogen-bond acceptors (Lipinski definition) is 5. The fourth-order valence-electron chi connectivity index (χ4n) is 3.91. The number of pyridine rings is 1. The molecule has 27 heavy (non-hydrogen) atoms. The van der Waals surface area contributed by atoms with E-state index in [9.17, 15) is 9.59 Å². The Kier molecular flexibility index (Phi) is 3.81. The lowest BCUT2D eigenvalue weighted by molar-refractivity contribution is 0.481. The van der Waals surface area contributed by atoms with Crippen LogP contribution in [0.15, 0.2) is 52.2 Å². The Morgan fingerprint density at radius 2 is 1.93 bits per heavy atom. The van der Waals surface area contributed by atoms with Crippen molar-refractivity contribution in [2.45, 2.75) is 44.2 Å². The maximum Gasteiger partial charge on any atom is 0.266 e. The summed E-state index contributed by atoms with van der Waals surface area (Å²) in [6.45, 7) is 1.35. The van der Waals surface area contributed by atoms with Crippen LogP contribution in [0.25, 0.3) is 5.65 Å². The predicted octanol–water partition coefficient (Wildman–Crippen LogP) is 1.80. The van der Waals surface area contributed by atoms with Gasteiger partial charge in [-0.15, -0.1) is 0 Å². The van der Waals surface area contributed by atoms with E-state index in [1.807, 2.05) is 24.3 Å². The Morgan fingerprint density at radius 1 is 1.04 bits per heavy atom. The maximum absolute atomic E-state index is 12.4. The van der Waals surface area contributed by atoms with E-state index in [0.717, 1.165) is 37.9 Å². The van der Waals surface area contributed by atoms with Gasteiger partial charge in [0.1, 0.15) is 11.5 Å². The smallest absolute Gasteiger partial charge is 0.266 e. The summed E-state index contributed by atoms with van der Waals surface area (Å²) in [6.07, 6.45) is 6.01. The zero-order chi connectivity index (χ0) is 18.4. The lowest BCUT2D eigenvalue weighted by atomic mass is 10.2. The fourth-order valence-corrected chi connectivity index (χ4v) is 3.91. The first-order valence-corrected chi connectivity index (χ1v) is 9.52. The van der Waals surface area contributed by atoms with Gasteiger partial charge >= 0.3 is 0 Å². The van der Waals surface area contributed by atoms with Gasteiger partial charge < -0.3 is 4.90 Å². The van der Waals surface area contributed by atoms with Crippen molar-refractivity contribution in [3.63, 3.8) is 0 Å². The Hall–Kier alpha value is -2.96. The molecule has 2 aliphatic rings. The number of anilines is 1. The van der Waals surface area contributed by atoms with E-state index in [1.165, 1.54) is 0 Å². The van der Waals surface area contributed by atoms with E-state index in [-0.39, 0.29) is 17.2 Å². The number of rotatable bonds is 4. The second kappa shape index (κ2) is 6.33. The van der Waals surface area contributed by atoms with Crippen molar-refractivity contribution in [1.82, 2.24) is 19.2 Å². The van der Waals surface area contributed by atoms with Crippen LogP contribution < -0.4 is 16.0 Å².